The number of hydrogen-bond acceptors (Lipinski definition) is 4. The summed E-state index contributed by atoms with van der Waals surface area (Å²) in [7, 11) is 0. The number of rotatable bonds is 6. The Labute approximate surface area is 138 Å². The molecule has 0 atom stereocenters. The van der Waals surface area contributed by atoms with Gasteiger partial charge in [0.2, 0.25) is 0 Å². The SMILES string of the molecule is CCCc1nc2scc(-c3ccc(OCC)cc3)n2c1C(=O)O. The topological polar surface area (TPSA) is 63.8 Å². The molecule has 0 spiro atoms. The fraction of sp³-hybridized carbons (Fsp3) is 0.294. The Morgan fingerprint density at radius 2 is 2.04 bits per heavy atom. The Balaban J connectivity index is 2.12. The van der Waals surface area contributed by atoms with E-state index < -0.39 is 5.97 Å². The van der Waals surface area contributed by atoms with Gasteiger partial charge in [0.15, 0.2) is 10.7 Å². The highest BCUT2D eigenvalue weighted by molar-refractivity contribution is 7.15. The van der Waals surface area contributed by atoms with E-state index in [-0.39, 0.29) is 5.69 Å². The van der Waals surface area contributed by atoms with Crippen molar-refractivity contribution in [1.29, 1.82) is 0 Å². The monoisotopic (exact) mass is 330 g/mol. The number of ether oxygens (including phenoxy) is 1. The van der Waals surface area contributed by atoms with Gasteiger partial charge in [0.1, 0.15) is 5.75 Å². The number of aromatic carboxylic acids is 1. The highest BCUT2D eigenvalue weighted by atomic mass is 32.1. The number of carboxylic acid groups (broad SMARTS) is 1. The van der Waals surface area contributed by atoms with E-state index in [0.29, 0.717) is 18.7 Å². The van der Waals surface area contributed by atoms with E-state index in [0.717, 1.165) is 28.4 Å². The first-order valence-electron chi connectivity index (χ1n) is 7.61. The first kappa shape index (κ1) is 15.6. The van der Waals surface area contributed by atoms with E-state index in [2.05, 4.69) is 4.98 Å². The van der Waals surface area contributed by atoms with Gasteiger partial charge >= 0.3 is 5.97 Å². The molecule has 0 unspecified atom stereocenters. The van der Waals surface area contributed by atoms with Crippen LogP contribution in [0.5, 0.6) is 5.75 Å². The van der Waals surface area contributed by atoms with E-state index in [9.17, 15) is 9.90 Å². The lowest BCUT2D eigenvalue weighted by atomic mass is 10.1. The molecule has 0 fully saturated rings. The molecule has 0 amide bonds. The van der Waals surface area contributed by atoms with Gasteiger partial charge in [0.25, 0.3) is 0 Å². The van der Waals surface area contributed by atoms with Crippen LogP contribution in [0, 0.1) is 0 Å². The highest BCUT2D eigenvalue weighted by Gasteiger charge is 2.22. The third-order valence-electron chi connectivity index (χ3n) is 3.59. The molecular formula is C17H18N2O3S. The summed E-state index contributed by atoms with van der Waals surface area (Å²) in [5.74, 6) is -0.134. The van der Waals surface area contributed by atoms with Gasteiger partial charge in [-0.15, -0.1) is 11.3 Å². The normalized spacial score (nSPS) is 11.0. The van der Waals surface area contributed by atoms with Crippen LogP contribution in [0.25, 0.3) is 16.2 Å². The minimum atomic E-state index is -0.938. The van der Waals surface area contributed by atoms with Crippen LogP contribution in [0.2, 0.25) is 0 Å². The van der Waals surface area contributed by atoms with Crippen LogP contribution in [-0.4, -0.2) is 27.1 Å². The second-order valence-corrected chi connectivity index (χ2v) is 6.00. The summed E-state index contributed by atoms with van der Waals surface area (Å²) in [6, 6.07) is 7.68. The Hall–Kier alpha value is -2.34. The van der Waals surface area contributed by atoms with Gasteiger partial charge in [0.05, 0.1) is 18.0 Å². The average molecular weight is 330 g/mol. The summed E-state index contributed by atoms with van der Waals surface area (Å²) in [6.45, 7) is 4.58. The standard InChI is InChI=1S/C17H18N2O3S/c1-3-5-13-15(16(20)21)19-14(10-23-17(19)18-13)11-6-8-12(9-7-11)22-4-2/h6-10H,3-5H2,1-2H3,(H,20,21). The molecule has 5 nitrogen and oxygen atoms in total. The van der Waals surface area contributed by atoms with Crippen LogP contribution < -0.4 is 4.74 Å². The van der Waals surface area contributed by atoms with Crippen molar-refractivity contribution in [3.8, 4) is 17.0 Å². The van der Waals surface area contributed by atoms with E-state index in [1.165, 1.54) is 11.3 Å². The van der Waals surface area contributed by atoms with Gasteiger partial charge in [0, 0.05) is 5.38 Å². The van der Waals surface area contributed by atoms with Gasteiger partial charge in [-0.1, -0.05) is 13.3 Å². The number of nitrogens with zero attached hydrogens (tertiary/aromatic N) is 2. The zero-order chi connectivity index (χ0) is 16.4. The molecule has 0 saturated carbocycles. The Morgan fingerprint density at radius 1 is 1.30 bits per heavy atom. The molecule has 0 aliphatic rings. The number of carboxylic acids is 1. The zero-order valence-corrected chi connectivity index (χ0v) is 13.9. The van der Waals surface area contributed by atoms with Crippen LogP contribution in [-0.2, 0) is 6.42 Å². The maximum absolute atomic E-state index is 11.7. The molecule has 2 heterocycles. The van der Waals surface area contributed by atoms with E-state index in [4.69, 9.17) is 4.74 Å². The maximum Gasteiger partial charge on any atom is 0.354 e. The summed E-state index contributed by atoms with van der Waals surface area (Å²) in [6.07, 6.45) is 1.53. The van der Waals surface area contributed by atoms with Crippen molar-refractivity contribution in [3.63, 3.8) is 0 Å². The van der Waals surface area contributed by atoms with Gasteiger partial charge in [-0.05, 0) is 43.2 Å². The van der Waals surface area contributed by atoms with Crippen molar-refractivity contribution in [1.82, 2.24) is 9.38 Å². The smallest absolute Gasteiger partial charge is 0.354 e. The summed E-state index contributed by atoms with van der Waals surface area (Å²) < 4.78 is 7.20. The zero-order valence-electron chi connectivity index (χ0n) is 13.1. The van der Waals surface area contributed by atoms with Gasteiger partial charge in [-0.2, -0.15) is 0 Å². The van der Waals surface area contributed by atoms with Crippen LogP contribution in [0.3, 0.4) is 0 Å². The van der Waals surface area contributed by atoms with Crippen molar-refractivity contribution in [2.45, 2.75) is 26.7 Å². The number of benzene rings is 1. The molecule has 23 heavy (non-hydrogen) atoms. The van der Waals surface area contributed by atoms with Crippen molar-refractivity contribution >= 4 is 22.3 Å². The number of thiazole rings is 1. The first-order valence-corrected chi connectivity index (χ1v) is 8.49. The number of carbonyl (C=O) groups is 1. The second-order valence-electron chi connectivity index (χ2n) is 5.16. The maximum atomic E-state index is 11.7. The summed E-state index contributed by atoms with van der Waals surface area (Å²) in [5, 5.41) is 11.6. The number of hydrogen-bond donors (Lipinski definition) is 1. The van der Waals surface area contributed by atoms with Crippen LogP contribution in [0.4, 0.5) is 0 Å². The minimum absolute atomic E-state index is 0.270. The Bertz CT molecular complexity index is 834. The third-order valence-corrected chi connectivity index (χ3v) is 4.41. The van der Waals surface area contributed by atoms with E-state index in [1.54, 1.807) is 4.40 Å². The lowest BCUT2D eigenvalue weighted by molar-refractivity contribution is 0.0688. The van der Waals surface area contributed by atoms with E-state index >= 15 is 0 Å². The van der Waals surface area contributed by atoms with Gasteiger partial charge < -0.3 is 9.84 Å². The Kier molecular flexibility index (Phi) is 4.34. The van der Waals surface area contributed by atoms with Gasteiger partial charge in [-0.3, -0.25) is 4.40 Å². The predicted octanol–water partition coefficient (Wildman–Crippen LogP) is 4.11. The fourth-order valence-corrected chi connectivity index (χ4v) is 3.54. The van der Waals surface area contributed by atoms with Crippen LogP contribution in [0.1, 0.15) is 36.5 Å². The predicted molar refractivity (Wildman–Crippen MR) is 90.6 cm³/mol. The van der Waals surface area contributed by atoms with Crippen molar-refractivity contribution < 1.29 is 14.6 Å². The summed E-state index contributed by atoms with van der Waals surface area (Å²) in [5.41, 5.74) is 2.72. The molecule has 2 aromatic heterocycles. The number of aryl methyl sites for hydroxylation is 1. The highest BCUT2D eigenvalue weighted by Crippen LogP contribution is 2.30. The summed E-state index contributed by atoms with van der Waals surface area (Å²) >= 11 is 1.46. The molecule has 3 aromatic rings. The molecule has 1 N–H and O–H groups in total. The lowest BCUT2D eigenvalue weighted by Gasteiger charge is -2.06. The van der Waals surface area contributed by atoms with Crippen molar-refractivity contribution in [2.24, 2.45) is 0 Å². The van der Waals surface area contributed by atoms with Crippen LogP contribution in [0.15, 0.2) is 29.6 Å². The number of aromatic nitrogens is 2. The fourth-order valence-electron chi connectivity index (χ4n) is 2.62. The van der Waals surface area contributed by atoms with E-state index in [1.807, 2.05) is 43.5 Å². The lowest BCUT2D eigenvalue weighted by Crippen LogP contribution is -2.06. The number of fused-ring (bicyclic) bond motifs is 1. The van der Waals surface area contributed by atoms with Crippen molar-refractivity contribution in [3.05, 3.63) is 41.0 Å². The van der Waals surface area contributed by atoms with Gasteiger partial charge in [-0.25, -0.2) is 9.78 Å². The average Bonchev–Trinajstić information content (AvgIpc) is 3.07. The molecule has 1 aromatic carbocycles. The summed E-state index contributed by atoms with van der Waals surface area (Å²) in [4.78, 5) is 16.9. The third kappa shape index (κ3) is 2.82. The molecule has 0 aliphatic heterocycles. The quantitative estimate of drug-likeness (QED) is 0.738. The molecule has 0 saturated heterocycles. The molecule has 3 rings (SSSR count). The van der Waals surface area contributed by atoms with Crippen molar-refractivity contribution in [2.75, 3.05) is 6.61 Å². The molecule has 120 valence electrons. The Morgan fingerprint density at radius 3 is 2.65 bits per heavy atom. The molecule has 0 bridgehead atoms. The molecular weight excluding hydrogens is 312 g/mol. The first-order chi connectivity index (χ1) is 11.2. The molecule has 6 heteroatoms. The molecule has 0 radical (unpaired) electrons. The second kappa shape index (κ2) is 6.42. The minimum Gasteiger partial charge on any atom is -0.494 e. The number of imidazole rings is 1. The largest absolute Gasteiger partial charge is 0.494 e. The molecule has 0 aliphatic carbocycles. The van der Waals surface area contributed by atoms with Crippen LogP contribution >= 0.6 is 11.3 Å².